The second-order valence-corrected chi connectivity index (χ2v) is 4.54. The number of likely N-dealkylation sites (tertiary alicyclic amines) is 1. The van der Waals surface area contributed by atoms with Gasteiger partial charge in [0, 0.05) is 19.6 Å². The van der Waals surface area contributed by atoms with Crippen molar-refractivity contribution in [2.24, 2.45) is 0 Å². The normalized spacial score (nSPS) is 22.2. The van der Waals surface area contributed by atoms with Gasteiger partial charge >= 0.3 is 0 Å². The van der Waals surface area contributed by atoms with Crippen molar-refractivity contribution in [3.8, 4) is 0 Å². The maximum atomic E-state index is 14.1. The van der Waals surface area contributed by atoms with Crippen molar-refractivity contribution in [2.45, 2.75) is 38.5 Å². The van der Waals surface area contributed by atoms with Gasteiger partial charge in [-0.3, -0.25) is 0 Å². The molecule has 0 atom stereocenters. The van der Waals surface area contributed by atoms with Crippen LogP contribution < -0.4 is 0 Å². The van der Waals surface area contributed by atoms with Gasteiger partial charge in [0.05, 0.1) is 12.7 Å². The lowest BCUT2D eigenvalue weighted by Gasteiger charge is -2.36. The Morgan fingerprint density at radius 2 is 1.93 bits per heavy atom. The third-order valence-electron chi connectivity index (χ3n) is 2.83. The van der Waals surface area contributed by atoms with Crippen LogP contribution in [-0.2, 0) is 4.74 Å². The van der Waals surface area contributed by atoms with Crippen LogP contribution in [0.3, 0.4) is 0 Å². The van der Waals surface area contributed by atoms with E-state index in [-0.39, 0.29) is 19.4 Å². The van der Waals surface area contributed by atoms with Gasteiger partial charge < -0.3 is 9.64 Å². The average Bonchev–Trinajstić information content (AvgIpc) is 2.20. The minimum atomic E-state index is -1.20. The number of rotatable bonds is 5. The Hall–Kier alpha value is -0.220. The average molecular weight is 221 g/mol. The molecule has 90 valence electrons. The highest BCUT2D eigenvalue weighted by molar-refractivity contribution is 4.86. The van der Waals surface area contributed by atoms with Crippen LogP contribution in [0.25, 0.3) is 0 Å². The number of piperidine rings is 1. The molecule has 1 saturated heterocycles. The standard InChI is InChI=1S/C11H21F2NO/c1-10(2)15-9-11(13)3-6-14(7-4-11)8-5-12/h10H,3-9H2,1-2H3. The molecule has 0 saturated carbocycles. The molecule has 1 rings (SSSR count). The van der Waals surface area contributed by atoms with Gasteiger partial charge in [0.25, 0.3) is 0 Å². The van der Waals surface area contributed by atoms with Crippen molar-refractivity contribution < 1.29 is 13.5 Å². The first-order valence-corrected chi connectivity index (χ1v) is 5.64. The highest BCUT2D eigenvalue weighted by atomic mass is 19.1. The van der Waals surface area contributed by atoms with E-state index in [0.29, 0.717) is 32.5 Å². The molecule has 0 bridgehead atoms. The molecule has 0 aliphatic carbocycles. The predicted octanol–water partition coefficient (Wildman–Crippen LogP) is 2.19. The fourth-order valence-corrected chi connectivity index (χ4v) is 1.76. The van der Waals surface area contributed by atoms with Crippen molar-refractivity contribution in [3.05, 3.63) is 0 Å². The molecule has 15 heavy (non-hydrogen) atoms. The number of nitrogens with zero attached hydrogens (tertiary/aromatic N) is 1. The molecule has 0 aromatic carbocycles. The highest BCUT2D eigenvalue weighted by Crippen LogP contribution is 2.27. The van der Waals surface area contributed by atoms with Gasteiger partial charge in [0.2, 0.25) is 0 Å². The van der Waals surface area contributed by atoms with Crippen molar-refractivity contribution in [1.29, 1.82) is 0 Å². The number of alkyl halides is 2. The minimum absolute atomic E-state index is 0.0708. The third-order valence-corrected chi connectivity index (χ3v) is 2.83. The van der Waals surface area contributed by atoms with Crippen LogP contribution >= 0.6 is 0 Å². The zero-order valence-corrected chi connectivity index (χ0v) is 9.64. The smallest absolute Gasteiger partial charge is 0.136 e. The predicted molar refractivity (Wildman–Crippen MR) is 56.6 cm³/mol. The van der Waals surface area contributed by atoms with Crippen LogP contribution in [0.5, 0.6) is 0 Å². The lowest BCUT2D eigenvalue weighted by atomic mass is 9.94. The topological polar surface area (TPSA) is 12.5 Å². The molecule has 0 amide bonds. The van der Waals surface area contributed by atoms with Crippen molar-refractivity contribution in [1.82, 2.24) is 4.90 Å². The van der Waals surface area contributed by atoms with Gasteiger partial charge in [-0.25, -0.2) is 8.78 Å². The van der Waals surface area contributed by atoms with Crippen LogP contribution in [0.4, 0.5) is 8.78 Å². The van der Waals surface area contributed by atoms with E-state index in [1.54, 1.807) is 0 Å². The number of ether oxygens (including phenoxy) is 1. The summed E-state index contributed by atoms with van der Waals surface area (Å²) >= 11 is 0. The lowest BCUT2D eigenvalue weighted by molar-refractivity contribution is -0.0452. The van der Waals surface area contributed by atoms with Gasteiger partial charge in [-0.1, -0.05) is 0 Å². The van der Waals surface area contributed by atoms with E-state index in [0.717, 1.165) is 0 Å². The zero-order valence-electron chi connectivity index (χ0n) is 9.64. The van der Waals surface area contributed by atoms with Crippen LogP contribution in [0.1, 0.15) is 26.7 Å². The van der Waals surface area contributed by atoms with E-state index < -0.39 is 5.67 Å². The van der Waals surface area contributed by atoms with Gasteiger partial charge in [-0.15, -0.1) is 0 Å². The molecule has 0 aromatic heterocycles. The molecule has 2 nitrogen and oxygen atoms in total. The number of hydrogen-bond acceptors (Lipinski definition) is 2. The van der Waals surface area contributed by atoms with Crippen LogP contribution in [-0.4, -0.2) is 49.6 Å². The van der Waals surface area contributed by atoms with Crippen molar-refractivity contribution in [2.75, 3.05) is 32.9 Å². The summed E-state index contributed by atoms with van der Waals surface area (Å²) < 4.78 is 31.5. The molecule has 1 aliphatic heterocycles. The third kappa shape index (κ3) is 4.43. The Morgan fingerprint density at radius 3 is 2.40 bits per heavy atom. The fraction of sp³-hybridized carbons (Fsp3) is 1.00. The Bertz CT molecular complexity index is 179. The Labute approximate surface area is 90.6 Å². The highest BCUT2D eigenvalue weighted by Gasteiger charge is 2.34. The molecular weight excluding hydrogens is 200 g/mol. The molecular formula is C11H21F2NO. The molecule has 0 spiro atoms. The van der Waals surface area contributed by atoms with Crippen molar-refractivity contribution >= 4 is 0 Å². The Kier molecular flexibility index (Phi) is 4.93. The van der Waals surface area contributed by atoms with Gasteiger partial charge in [-0.05, 0) is 26.7 Å². The van der Waals surface area contributed by atoms with Gasteiger partial charge in [0.1, 0.15) is 12.3 Å². The second kappa shape index (κ2) is 5.75. The molecule has 0 N–H and O–H groups in total. The maximum absolute atomic E-state index is 14.1. The van der Waals surface area contributed by atoms with Crippen LogP contribution in [0.2, 0.25) is 0 Å². The van der Waals surface area contributed by atoms with E-state index in [4.69, 9.17) is 4.74 Å². The molecule has 4 heteroatoms. The number of halogens is 2. The lowest BCUT2D eigenvalue weighted by Crippen LogP contribution is -2.45. The Morgan fingerprint density at radius 1 is 1.33 bits per heavy atom. The SMILES string of the molecule is CC(C)OCC1(F)CCN(CCF)CC1. The first-order valence-electron chi connectivity index (χ1n) is 5.64. The van der Waals surface area contributed by atoms with E-state index in [1.807, 2.05) is 18.7 Å². The van der Waals surface area contributed by atoms with Gasteiger partial charge in [0.15, 0.2) is 0 Å². The molecule has 1 aliphatic rings. The fourth-order valence-electron chi connectivity index (χ4n) is 1.76. The van der Waals surface area contributed by atoms with Crippen LogP contribution in [0.15, 0.2) is 0 Å². The monoisotopic (exact) mass is 221 g/mol. The molecule has 0 aromatic rings. The maximum Gasteiger partial charge on any atom is 0.136 e. The molecule has 1 heterocycles. The molecule has 0 unspecified atom stereocenters. The summed E-state index contributed by atoms with van der Waals surface area (Å²) in [6, 6.07) is 0. The quantitative estimate of drug-likeness (QED) is 0.705. The second-order valence-electron chi connectivity index (χ2n) is 4.54. The first-order chi connectivity index (χ1) is 7.06. The van der Waals surface area contributed by atoms with E-state index in [9.17, 15) is 8.78 Å². The van der Waals surface area contributed by atoms with E-state index >= 15 is 0 Å². The minimum Gasteiger partial charge on any atom is -0.375 e. The summed E-state index contributed by atoms with van der Waals surface area (Å²) in [5.41, 5.74) is -1.20. The van der Waals surface area contributed by atoms with Crippen LogP contribution in [0, 0.1) is 0 Å². The Balaban J connectivity index is 2.27. The summed E-state index contributed by atoms with van der Waals surface area (Å²) in [6.07, 6.45) is 0.987. The first kappa shape index (κ1) is 12.8. The summed E-state index contributed by atoms with van der Waals surface area (Å²) in [6.45, 7) is 5.35. The summed E-state index contributed by atoms with van der Waals surface area (Å²) in [4.78, 5) is 1.97. The zero-order chi connectivity index (χ0) is 11.3. The van der Waals surface area contributed by atoms with Crippen molar-refractivity contribution in [3.63, 3.8) is 0 Å². The summed E-state index contributed by atoms with van der Waals surface area (Å²) in [5, 5.41) is 0. The summed E-state index contributed by atoms with van der Waals surface area (Å²) in [7, 11) is 0. The van der Waals surface area contributed by atoms with E-state index in [1.165, 1.54) is 0 Å². The van der Waals surface area contributed by atoms with Gasteiger partial charge in [-0.2, -0.15) is 0 Å². The molecule has 0 radical (unpaired) electrons. The summed E-state index contributed by atoms with van der Waals surface area (Å²) in [5.74, 6) is 0. The largest absolute Gasteiger partial charge is 0.375 e. The van der Waals surface area contributed by atoms with E-state index in [2.05, 4.69) is 0 Å². The molecule has 1 fully saturated rings. The number of hydrogen-bond donors (Lipinski definition) is 0.